The van der Waals surface area contributed by atoms with Crippen LogP contribution in [-0.2, 0) is 4.74 Å². The molecule has 0 aliphatic carbocycles. The Kier molecular flexibility index (Phi) is 6.64. The highest BCUT2D eigenvalue weighted by atomic mass is 16.5. The lowest BCUT2D eigenvalue weighted by atomic mass is 9.95. The third kappa shape index (κ3) is 4.42. The number of nitrogens with zero attached hydrogens (tertiary/aromatic N) is 2. The van der Waals surface area contributed by atoms with Crippen molar-refractivity contribution in [3.05, 3.63) is 95.2 Å². The number of hydrogen-bond donors (Lipinski definition) is 1. The minimum Gasteiger partial charge on any atom is -0.497 e. The average molecular weight is 498 g/mol. The summed E-state index contributed by atoms with van der Waals surface area (Å²) in [6.07, 6.45) is 0. The van der Waals surface area contributed by atoms with Gasteiger partial charge >= 0.3 is 5.97 Å². The van der Waals surface area contributed by atoms with E-state index in [-0.39, 0.29) is 5.91 Å². The number of amides is 1. The van der Waals surface area contributed by atoms with Gasteiger partial charge in [0.15, 0.2) is 0 Å². The Morgan fingerprint density at radius 2 is 1.59 bits per heavy atom. The van der Waals surface area contributed by atoms with Crippen LogP contribution in [0.3, 0.4) is 0 Å². The molecule has 1 N–H and O–H groups in total. The third-order valence-corrected chi connectivity index (χ3v) is 6.30. The second kappa shape index (κ2) is 10.2. The summed E-state index contributed by atoms with van der Waals surface area (Å²) >= 11 is 0. The number of aromatic amines is 1. The molecule has 0 saturated carbocycles. The Morgan fingerprint density at radius 1 is 0.919 bits per heavy atom. The maximum atomic E-state index is 13.7. The number of hydrogen-bond acceptors (Lipinski definition) is 6. The van der Waals surface area contributed by atoms with Crippen LogP contribution in [0.25, 0.3) is 11.3 Å². The van der Waals surface area contributed by atoms with E-state index in [1.165, 1.54) is 0 Å². The van der Waals surface area contributed by atoms with Crippen molar-refractivity contribution in [2.75, 3.05) is 25.2 Å². The second-order valence-corrected chi connectivity index (χ2v) is 8.44. The van der Waals surface area contributed by atoms with Crippen LogP contribution in [0.1, 0.15) is 51.9 Å². The molecule has 37 heavy (non-hydrogen) atoms. The largest absolute Gasteiger partial charge is 0.497 e. The Labute approximate surface area is 214 Å². The molecule has 1 atom stereocenters. The first kappa shape index (κ1) is 24.1. The quantitative estimate of drug-likeness (QED) is 0.327. The topological polar surface area (TPSA) is 93.8 Å². The molecule has 0 radical (unpaired) electrons. The molecule has 5 rings (SSSR count). The van der Waals surface area contributed by atoms with Gasteiger partial charge in [0.05, 0.1) is 37.6 Å². The van der Waals surface area contributed by atoms with Gasteiger partial charge in [-0.15, -0.1) is 0 Å². The number of methoxy groups -OCH3 is 1. The van der Waals surface area contributed by atoms with Crippen molar-refractivity contribution in [3.8, 4) is 22.8 Å². The molecule has 4 aromatic rings. The van der Waals surface area contributed by atoms with Crippen molar-refractivity contribution < 1.29 is 23.8 Å². The summed E-state index contributed by atoms with van der Waals surface area (Å²) in [4.78, 5) is 27.6. The van der Waals surface area contributed by atoms with Crippen LogP contribution in [0.2, 0.25) is 0 Å². The predicted octanol–water partition coefficient (Wildman–Crippen LogP) is 5.41. The fourth-order valence-corrected chi connectivity index (χ4v) is 4.58. The summed E-state index contributed by atoms with van der Waals surface area (Å²) in [6.45, 7) is 4.55. The Hall–Kier alpha value is -4.59. The number of anilines is 1. The number of rotatable bonds is 8. The van der Waals surface area contributed by atoms with Crippen molar-refractivity contribution >= 4 is 17.6 Å². The molecular formula is C29H27N3O5. The van der Waals surface area contributed by atoms with E-state index < -0.39 is 12.0 Å². The predicted molar refractivity (Wildman–Crippen MR) is 139 cm³/mol. The van der Waals surface area contributed by atoms with E-state index in [4.69, 9.17) is 14.2 Å². The van der Waals surface area contributed by atoms with Crippen molar-refractivity contribution in [1.29, 1.82) is 0 Å². The molecule has 0 fully saturated rings. The minimum absolute atomic E-state index is 0.204. The van der Waals surface area contributed by atoms with Crippen LogP contribution >= 0.6 is 0 Å². The molecule has 1 amide bonds. The van der Waals surface area contributed by atoms with Gasteiger partial charge in [-0.05, 0) is 80.1 Å². The average Bonchev–Trinajstić information content (AvgIpc) is 3.48. The first-order valence-corrected chi connectivity index (χ1v) is 12.1. The van der Waals surface area contributed by atoms with Gasteiger partial charge in [-0.3, -0.25) is 14.8 Å². The lowest BCUT2D eigenvalue weighted by Crippen LogP contribution is -2.29. The van der Waals surface area contributed by atoms with Gasteiger partial charge in [0.1, 0.15) is 17.2 Å². The molecule has 0 saturated heterocycles. The zero-order chi connectivity index (χ0) is 25.9. The molecule has 8 nitrogen and oxygen atoms in total. The first-order chi connectivity index (χ1) is 18.0. The fraction of sp³-hybridized carbons (Fsp3) is 0.207. The summed E-state index contributed by atoms with van der Waals surface area (Å²) in [5.41, 5.74) is 4.75. The van der Waals surface area contributed by atoms with Crippen LogP contribution in [0.4, 0.5) is 5.69 Å². The Balaban J connectivity index is 1.60. The first-order valence-electron chi connectivity index (χ1n) is 12.1. The van der Waals surface area contributed by atoms with Gasteiger partial charge < -0.3 is 14.2 Å². The number of ether oxygens (including phenoxy) is 3. The van der Waals surface area contributed by atoms with Gasteiger partial charge in [-0.1, -0.05) is 12.1 Å². The number of benzene rings is 3. The molecule has 188 valence electrons. The summed E-state index contributed by atoms with van der Waals surface area (Å²) in [5.74, 6) is 0.883. The normalized spacial score (nSPS) is 14.4. The smallest absolute Gasteiger partial charge is 0.338 e. The molecule has 1 aliphatic rings. The zero-order valence-electron chi connectivity index (χ0n) is 20.9. The van der Waals surface area contributed by atoms with Crippen molar-refractivity contribution in [2.24, 2.45) is 0 Å². The van der Waals surface area contributed by atoms with Crippen LogP contribution < -0.4 is 14.4 Å². The Bertz CT molecular complexity index is 1410. The van der Waals surface area contributed by atoms with E-state index in [9.17, 15) is 9.59 Å². The molecule has 1 aromatic heterocycles. The maximum absolute atomic E-state index is 13.7. The maximum Gasteiger partial charge on any atom is 0.338 e. The Morgan fingerprint density at radius 3 is 2.22 bits per heavy atom. The van der Waals surface area contributed by atoms with Crippen LogP contribution in [0.5, 0.6) is 11.5 Å². The number of H-pyrrole nitrogens is 1. The van der Waals surface area contributed by atoms with Crippen molar-refractivity contribution in [1.82, 2.24) is 10.2 Å². The highest BCUT2D eigenvalue weighted by molar-refractivity contribution is 6.12. The van der Waals surface area contributed by atoms with E-state index in [0.29, 0.717) is 35.9 Å². The van der Waals surface area contributed by atoms with E-state index in [1.807, 2.05) is 55.5 Å². The molecule has 0 spiro atoms. The van der Waals surface area contributed by atoms with E-state index in [2.05, 4.69) is 10.2 Å². The van der Waals surface area contributed by atoms with Crippen LogP contribution in [0.15, 0.2) is 72.8 Å². The van der Waals surface area contributed by atoms with Crippen molar-refractivity contribution in [2.45, 2.75) is 19.9 Å². The molecule has 1 unspecified atom stereocenters. The molecule has 0 bridgehead atoms. The van der Waals surface area contributed by atoms with Gasteiger partial charge in [-0.2, -0.15) is 5.10 Å². The number of nitrogens with one attached hydrogen (secondary N) is 1. The molecule has 8 heteroatoms. The highest BCUT2D eigenvalue weighted by Crippen LogP contribution is 2.45. The monoisotopic (exact) mass is 497 g/mol. The van der Waals surface area contributed by atoms with Crippen molar-refractivity contribution in [3.63, 3.8) is 0 Å². The fourth-order valence-electron chi connectivity index (χ4n) is 4.58. The molecular weight excluding hydrogens is 470 g/mol. The summed E-state index contributed by atoms with van der Waals surface area (Å²) in [7, 11) is 1.62. The highest BCUT2D eigenvalue weighted by Gasteiger charge is 2.43. The number of esters is 1. The lowest BCUT2D eigenvalue weighted by Gasteiger charge is -2.27. The van der Waals surface area contributed by atoms with E-state index in [0.717, 1.165) is 28.2 Å². The van der Waals surface area contributed by atoms with Gasteiger partial charge in [0.2, 0.25) is 0 Å². The molecule has 2 heterocycles. The van der Waals surface area contributed by atoms with Gasteiger partial charge in [0.25, 0.3) is 5.91 Å². The van der Waals surface area contributed by atoms with Crippen LogP contribution in [-0.4, -0.2) is 42.4 Å². The van der Waals surface area contributed by atoms with Crippen LogP contribution in [0, 0.1) is 0 Å². The number of fused-ring (bicyclic) bond motifs is 1. The summed E-state index contributed by atoms with van der Waals surface area (Å²) in [5, 5.41) is 7.49. The third-order valence-electron chi connectivity index (χ3n) is 6.30. The lowest BCUT2D eigenvalue weighted by molar-refractivity contribution is 0.0526. The minimum atomic E-state index is -0.442. The molecule has 3 aromatic carbocycles. The zero-order valence-corrected chi connectivity index (χ0v) is 20.9. The molecule has 1 aliphatic heterocycles. The van der Waals surface area contributed by atoms with E-state index >= 15 is 0 Å². The van der Waals surface area contributed by atoms with Gasteiger partial charge in [0, 0.05) is 16.8 Å². The van der Waals surface area contributed by atoms with E-state index in [1.54, 1.807) is 43.2 Å². The SMILES string of the molecule is CCOC(=O)c1ccc(N2C(=O)c3[nH]nc(-c4ccc(OC)cc4)c3C2c2ccc(OCC)cc2)cc1. The number of carbonyl (C=O) groups excluding carboxylic acids is 2. The summed E-state index contributed by atoms with van der Waals surface area (Å²) < 4.78 is 16.0. The standard InChI is InChI=1S/C29H27N3O5/c1-4-36-23-16-10-19(11-17-23)27-24-25(18-8-14-22(35-3)15-9-18)30-31-26(24)28(33)32(27)21-12-6-20(7-13-21)29(34)37-5-2/h6-17,27H,4-5H2,1-3H3,(H,30,31). The van der Waals surface area contributed by atoms with Gasteiger partial charge in [-0.25, -0.2) is 4.79 Å². The summed E-state index contributed by atoms with van der Waals surface area (Å²) in [6, 6.07) is 21.7. The number of carbonyl (C=O) groups is 2. The second-order valence-electron chi connectivity index (χ2n) is 8.44. The number of aromatic nitrogens is 2.